The first-order chi connectivity index (χ1) is 18.5. The summed E-state index contributed by atoms with van der Waals surface area (Å²) in [6.45, 7) is 3.72. The summed E-state index contributed by atoms with van der Waals surface area (Å²) < 4.78 is 23.3. The Balaban J connectivity index is 1.49. The summed E-state index contributed by atoms with van der Waals surface area (Å²) >= 11 is 0. The summed E-state index contributed by atoms with van der Waals surface area (Å²) in [5, 5.41) is 0. The monoisotopic (exact) mass is 514 g/mol. The summed E-state index contributed by atoms with van der Waals surface area (Å²) in [5.41, 5.74) is 1.65. The second-order valence-electron chi connectivity index (χ2n) is 8.90. The molecule has 1 aliphatic rings. The molecule has 7 nitrogen and oxygen atoms in total. The molecule has 4 rings (SSSR count). The van der Waals surface area contributed by atoms with E-state index in [9.17, 15) is 14.4 Å². The molecule has 0 amide bonds. The highest BCUT2D eigenvalue weighted by Crippen LogP contribution is 2.28. The van der Waals surface area contributed by atoms with E-state index in [1.807, 2.05) is 30.3 Å². The number of ether oxygens (including phenoxy) is 4. The average molecular weight is 515 g/mol. The van der Waals surface area contributed by atoms with Crippen LogP contribution in [0.4, 0.5) is 0 Å². The molecule has 0 spiro atoms. The molecule has 3 aromatic rings. The van der Waals surface area contributed by atoms with Crippen molar-refractivity contribution in [2.45, 2.75) is 43.9 Å². The lowest BCUT2D eigenvalue weighted by molar-refractivity contribution is -0.130. The molecule has 0 N–H and O–H groups in total. The normalized spacial score (nSPS) is 19.5. The van der Waals surface area contributed by atoms with E-state index in [1.54, 1.807) is 66.7 Å². The fraction of sp³-hybridized carbons (Fsp3) is 0.258. The predicted octanol–water partition coefficient (Wildman–Crippen LogP) is 4.96. The first-order valence-corrected chi connectivity index (χ1v) is 12.5. The van der Waals surface area contributed by atoms with Crippen molar-refractivity contribution in [2.24, 2.45) is 0 Å². The van der Waals surface area contributed by atoms with Gasteiger partial charge in [-0.2, -0.15) is 0 Å². The van der Waals surface area contributed by atoms with Gasteiger partial charge in [-0.05, 0) is 36.2 Å². The Morgan fingerprint density at radius 2 is 1.45 bits per heavy atom. The molecule has 1 fully saturated rings. The molecule has 0 radical (unpaired) electrons. The Morgan fingerprint density at radius 1 is 0.868 bits per heavy atom. The summed E-state index contributed by atoms with van der Waals surface area (Å²) in [5.74, 6) is -1.31. The van der Waals surface area contributed by atoms with Crippen molar-refractivity contribution < 1.29 is 33.3 Å². The number of hydrogen-bond acceptors (Lipinski definition) is 7. The first-order valence-electron chi connectivity index (χ1n) is 12.5. The molecule has 0 saturated carbocycles. The number of ketones is 1. The standard InChI is InChI=1S/C31H30O7/c1-2-12-26-28(32)29(35-20-22-13-6-3-7-14-22)27(38-26)19-25(37-31(34)24-17-10-5-11-18-24)21-36-30(33)23-15-8-4-9-16-23/h2-11,13-18,25-27,29H,1,12,19-21H2/t25-,26-,27+,29-/m0/s1. The van der Waals surface area contributed by atoms with Crippen LogP contribution in [0.25, 0.3) is 0 Å². The van der Waals surface area contributed by atoms with Crippen molar-refractivity contribution >= 4 is 17.7 Å². The van der Waals surface area contributed by atoms with Gasteiger partial charge in [0.25, 0.3) is 0 Å². The summed E-state index contributed by atoms with van der Waals surface area (Å²) in [6.07, 6.45) is -1.12. The van der Waals surface area contributed by atoms with Gasteiger partial charge in [0.05, 0.1) is 23.8 Å². The van der Waals surface area contributed by atoms with Gasteiger partial charge in [0.1, 0.15) is 24.9 Å². The van der Waals surface area contributed by atoms with Crippen LogP contribution in [0, 0.1) is 0 Å². The summed E-state index contributed by atoms with van der Waals surface area (Å²) in [4.78, 5) is 38.5. The second kappa shape index (κ2) is 13.5. The highest BCUT2D eigenvalue weighted by Gasteiger charge is 2.45. The van der Waals surface area contributed by atoms with Gasteiger partial charge in [-0.25, -0.2) is 9.59 Å². The molecule has 3 aromatic carbocycles. The molecule has 7 heteroatoms. The van der Waals surface area contributed by atoms with Crippen LogP contribution >= 0.6 is 0 Å². The smallest absolute Gasteiger partial charge is 0.338 e. The zero-order valence-electron chi connectivity index (χ0n) is 20.9. The third-order valence-electron chi connectivity index (χ3n) is 6.12. The first kappa shape index (κ1) is 27.0. The van der Waals surface area contributed by atoms with Crippen LogP contribution in [-0.4, -0.2) is 48.7 Å². The topological polar surface area (TPSA) is 88.1 Å². The van der Waals surface area contributed by atoms with Crippen LogP contribution in [0.15, 0.2) is 104 Å². The largest absolute Gasteiger partial charge is 0.458 e. The van der Waals surface area contributed by atoms with Crippen molar-refractivity contribution in [1.82, 2.24) is 0 Å². The number of carbonyl (C=O) groups is 3. The molecular weight excluding hydrogens is 484 g/mol. The van der Waals surface area contributed by atoms with Gasteiger partial charge in [0.2, 0.25) is 0 Å². The van der Waals surface area contributed by atoms with Gasteiger partial charge in [-0.15, -0.1) is 6.58 Å². The van der Waals surface area contributed by atoms with Crippen LogP contribution in [0.1, 0.15) is 39.1 Å². The number of carbonyl (C=O) groups excluding carboxylic acids is 3. The van der Waals surface area contributed by atoms with Crippen molar-refractivity contribution in [3.63, 3.8) is 0 Å². The van der Waals surface area contributed by atoms with E-state index >= 15 is 0 Å². The highest BCUT2D eigenvalue weighted by molar-refractivity contribution is 5.91. The minimum atomic E-state index is -0.876. The van der Waals surface area contributed by atoms with Gasteiger partial charge in [0, 0.05) is 6.42 Å². The van der Waals surface area contributed by atoms with Crippen molar-refractivity contribution in [2.75, 3.05) is 6.61 Å². The Bertz CT molecular complexity index is 1210. The lowest BCUT2D eigenvalue weighted by Crippen LogP contribution is -2.36. The fourth-order valence-electron chi connectivity index (χ4n) is 4.20. The third-order valence-corrected chi connectivity index (χ3v) is 6.12. The van der Waals surface area contributed by atoms with E-state index in [0.717, 1.165) is 5.56 Å². The van der Waals surface area contributed by atoms with Gasteiger partial charge >= 0.3 is 11.9 Å². The molecule has 0 unspecified atom stereocenters. The van der Waals surface area contributed by atoms with Gasteiger partial charge in [0.15, 0.2) is 5.78 Å². The van der Waals surface area contributed by atoms with Crippen molar-refractivity contribution in [3.8, 4) is 0 Å². The van der Waals surface area contributed by atoms with E-state index in [4.69, 9.17) is 18.9 Å². The molecule has 1 aliphatic heterocycles. The molecule has 0 aromatic heterocycles. The number of esters is 2. The molecule has 0 aliphatic carbocycles. The zero-order valence-corrected chi connectivity index (χ0v) is 20.9. The molecular formula is C31H30O7. The second-order valence-corrected chi connectivity index (χ2v) is 8.90. The van der Waals surface area contributed by atoms with E-state index in [0.29, 0.717) is 17.5 Å². The van der Waals surface area contributed by atoms with E-state index < -0.39 is 36.4 Å². The lowest BCUT2D eigenvalue weighted by atomic mass is 10.0. The number of hydrogen-bond donors (Lipinski definition) is 0. The minimum absolute atomic E-state index is 0.0967. The zero-order chi connectivity index (χ0) is 26.7. The van der Waals surface area contributed by atoms with E-state index in [1.165, 1.54) is 0 Å². The van der Waals surface area contributed by atoms with Gasteiger partial charge in [-0.1, -0.05) is 72.8 Å². The van der Waals surface area contributed by atoms with E-state index in [-0.39, 0.29) is 25.4 Å². The lowest BCUT2D eigenvalue weighted by Gasteiger charge is -2.24. The average Bonchev–Trinajstić information content (AvgIpc) is 3.25. The van der Waals surface area contributed by atoms with Crippen molar-refractivity contribution in [1.29, 1.82) is 0 Å². The van der Waals surface area contributed by atoms with Gasteiger partial charge in [-0.3, -0.25) is 4.79 Å². The Kier molecular flexibility index (Phi) is 9.56. The van der Waals surface area contributed by atoms with Crippen molar-refractivity contribution in [3.05, 3.63) is 120 Å². The van der Waals surface area contributed by atoms with Crippen LogP contribution in [0.3, 0.4) is 0 Å². The van der Waals surface area contributed by atoms with Crippen LogP contribution in [0.5, 0.6) is 0 Å². The van der Waals surface area contributed by atoms with Gasteiger partial charge < -0.3 is 18.9 Å². The third kappa shape index (κ3) is 7.25. The Labute approximate surface area is 222 Å². The van der Waals surface area contributed by atoms with E-state index in [2.05, 4.69) is 6.58 Å². The SMILES string of the molecule is C=CC[C@@H]1O[C@H](C[C@@H](COC(=O)c2ccccc2)OC(=O)c2ccccc2)[C@H](OCc2ccccc2)C1=O. The maximum absolute atomic E-state index is 13.1. The molecule has 1 heterocycles. The Hall–Kier alpha value is -4.07. The highest BCUT2D eigenvalue weighted by atomic mass is 16.6. The number of rotatable bonds is 12. The predicted molar refractivity (Wildman–Crippen MR) is 140 cm³/mol. The number of benzene rings is 3. The molecule has 196 valence electrons. The maximum atomic E-state index is 13.1. The van der Waals surface area contributed by atoms with Crippen LogP contribution in [-0.2, 0) is 30.3 Å². The maximum Gasteiger partial charge on any atom is 0.338 e. The molecule has 1 saturated heterocycles. The molecule has 4 atom stereocenters. The Morgan fingerprint density at radius 3 is 2.05 bits per heavy atom. The summed E-state index contributed by atoms with van der Waals surface area (Å²) in [6, 6.07) is 26.6. The minimum Gasteiger partial charge on any atom is -0.458 e. The quantitative estimate of drug-likeness (QED) is 0.249. The number of Topliss-reactive ketones (excluding diaryl/α,β-unsaturated/α-hetero) is 1. The summed E-state index contributed by atoms with van der Waals surface area (Å²) in [7, 11) is 0. The van der Waals surface area contributed by atoms with Crippen LogP contribution < -0.4 is 0 Å². The van der Waals surface area contributed by atoms with Crippen LogP contribution in [0.2, 0.25) is 0 Å². The fourth-order valence-corrected chi connectivity index (χ4v) is 4.20. The molecule has 0 bridgehead atoms. The molecule has 38 heavy (non-hydrogen) atoms.